The number of aromatic carboxylic acids is 1. The van der Waals surface area contributed by atoms with Crippen LogP contribution in [0.15, 0.2) is 48.7 Å². The molecule has 0 saturated heterocycles. The molecule has 0 aliphatic carbocycles. The fourth-order valence-electron chi connectivity index (χ4n) is 7.58. The van der Waals surface area contributed by atoms with Gasteiger partial charge in [0.05, 0.1) is 28.9 Å². The van der Waals surface area contributed by atoms with Crippen LogP contribution in [0.1, 0.15) is 61.8 Å². The minimum Gasteiger partial charge on any atom is -0.494 e. The SMILES string of the molecule is Cc1cc(OCCCc2c3n(c4c(-c5c(C)nn(C)c5C)cc(Cl)cc24)CCCN(c2cc(C(=O)O)c4ccn(C)c4c2)C3=O)cc(C)c1Cl. The maximum Gasteiger partial charge on any atom is 0.336 e. The maximum absolute atomic E-state index is 15.0. The van der Waals surface area contributed by atoms with Gasteiger partial charge < -0.3 is 23.9 Å². The number of carbonyl (C=O) groups excluding carboxylic acids is 1. The van der Waals surface area contributed by atoms with Gasteiger partial charge in [0.1, 0.15) is 11.4 Å². The molecule has 0 saturated carbocycles. The molecule has 1 amide bonds. The van der Waals surface area contributed by atoms with E-state index >= 15 is 0 Å². The van der Waals surface area contributed by atoms with Crippen molar-refractivity contribution in [1.82, 2.24) is 18.9 Å². The van der Waals surface area contributed by atoms with Crippen LogP contribution in [0, 0.1) is 27.7 Å². The van der Waals surface area contributed by atoms with Crippen LogP contribution in [-0.4, -0.2) is 49.0 Å². The van der Waals surface area contributed by atoms with E-state index in [1.54, 1.807) is 17.0 Å². The van der Waals surface area contributed by atoms with E-state index in [4.69, 9.17) is 33.0 Å². The zero-order chi connectivity index (χ0) is 35.6. The second-order valence-corrected chi connectivity index (χ2v) is 14.1. The first-order chi connectivity index (χ1) is 23.8. The van der Waals surface area contributed by atoms with E-state index in [-0.39, 0.29) is 11.5 Å². The number of ether oxygens (including phenoxy) is 1. The number of fused-ring (bicyclic) bond motifs is 4. The molecule has 0 spiro atoms. The van der Waals surface area contributed by atoms with Crippen LogP contribution in [0.3, 0.4) is 0 Å². The van der Waals surface area contributed by atoms with Crippen LogP contribution in [0.4, 0.5) is 5.69 Å². The van der Waals surface area contributed by atoms with Crippen molar-refractivity contribution < 1.29 is 19.4 Å². The van der Waals surface area contributed by atoms with Crippen molar-refractivity contribution in [3.8, 4) is 16.9 Å². The van der Waals surface area contributed by atoms with Gasteiger partial charge in [0, 0.05) is 76.7 Å². The van der Waals surface area contributed by atoms with Crippen molar-refractivity contribution in [1.29, 1.82) is 0 Å². The average molecular weight is 713 g/mol. The zero-order valence-corrected chi connectivity index (χ0v) is 30.5. The van der Waals surface area contributed by atoms with E-state index in [1.165, 1.54) is 0 Å². The summed E-state index contributed by atoms with van der Waals surface area (Å²) in [6.45, 7) is 9.42. The number of carboxylic acid groups (broad SMARTS) is 1. The van der Waals surface area contributed by atoms with Crippen molar-refractivity contribution in [2.75, 3.05) is 18.1 Å². The van der Waals surface area contributed by atoms with Crippen molar-refractivity contribution in [2.45, 2.75) is 53.5 Å². The molecule has 50 heavy (non-hydrogen) atoms. The van der Waals surface area contributed by atoms with Crippen molar-refractivity contribution in [3.05, 3.63) is 98.0 Å². The van der Waals surface area contributed by atoms with Gasteiger partial charge in [0.2, 0.25) is 0 Å². The third-order valence-corrected chi connectivity index (χ3v) is 10.8. The fraction of sp³-hybridized carbons (Fsp3) is 0.308. The minimum absolute atomic E-state index is 0.164. The van der Waals surface area contributed by atoms with Gasteiger partial charge in [0.15, 0.2) is 0 Å². The van der Waals surface area contributed by atoms with Gasteiger partial charge in [-0.3, -0.25) is 9.48 Å². The smallest absolute Gasteiger partial charge is 0.336 e. The summed E-state index contributed by atoms with van der Waals surface area (Å²) in [5, 5.41) is 17.7. The molecule has 1 aliphatic heterocycles. The van der Waals surface area contributed by atoms with Gasteiger partial charge in [-0.2, -0.15) is 5.10 Å². The van der Waals surface area contributed by atoms with Gasteiger partial charge in [-0.25, -0.2) is 4.79 Å². The second-order valence-electron chi connectivity index (χ2n) is 13.3. The molecule has 0 bridgehead atoms. The minimum atomic E-state index is -1.03. The molecule has 4 heterocycles. The van der Waals surface area contributed by atoms with E-state index in [9.17, 15) is 14.7 Å². The zero-order valence-electron chi connectivity index (χ0n) is 29.0. The molecule has 3 aromatic carbocycles. The van der Waals surface area contributed by atoms with Crippen molar-refractivity contribution in [3.63, 3.8) is 0 Å². The summed E-state index contributed by atoms with van der Waals surface area (Å²) in [4.78, 5) is 29.1. The first-order valence-electron chi connectivity index (χ1n) is 16.7. The lowest BCUT2D eigenvalue weighted by Crippen LogP contribution is -2.32. The number of amides is 1. The third-order valence-electron chi connectivity index (χ3n) is 9.99. The Morgan fingerprint density at radius 3 is 2.40 bits per heavy atom. The highest BCUT2D eigenvalue weighted by Crippen LogP contribution is 2.42. The predicted octanol–water partition coefficient (Wildman–Crippen LogP) is 8.83. The Morgan fingerprint density at radius 1 is 0.980 bits per heavy atom. The molecule has 0 atom stereocenters. The van der Waals surface area contributed by atoms with Gasteiger partial charge >= 0.3 is 5.97 Å². The van der Waals surface area contributed by atoms with E-state index < -0.39 is 5.97 Å². The van der Waals surface area contributed by atoms with Crippen LogP contribution in [0.2, 0.25) is 10.0 Å². The number of carbonyl (C=O) groups is 2. The van der Waals surface area contributed by atoms with Crippen LogP contribution < -0.4 is 9.64 Å². The van der Waals surface area contributed by atoms with Crippen molar-refractivity contribution in [2.24, 2.45) is 14.1 Å². The molecule has 0 radical (unpaired) electrons. The molecule has 258 valence electrons. The van der Waals surface area contributed by atoms with E-state index in [1.807, 2.05) is 87.6 Å². The highest BCUT2D eigenvalue weighted by atomic mass is 35.5. The highest BCUT2D eigenvalue weighted by Gasteiger charge is 2.32. The molecule has 0 fully saturated rings. The first kappa shape index (κ1) is 33.8. The summed E-state index contributed by atoms with van der Waals surface area (Å²) in [7, 11) is 3.80. The summed E-state index contributed by atoms with van der Waals surface area (Å²) >= 11 is 13.3. The molecule has 6 aromatic rings. The Balaban J connectivity index is 1.37. The second kappa shape index (κ2) is 12.9. The summed E-state index contributed by atoms with van der Waals surface area (Å²) in [5.41, 5.74) is 9.63. The molecule has 3 aromatic heterocycles. The summed E-state index contributed by atoms with van der Waals surface area (Å²) in [6.07, 6.45) is 3.71. The van der Waals surface area contributed by atoms with E-state index in [2.05, 4.69) is 4.57 Å². The molecular formula is C39H39Cl2N5O4. The normalized spacial score (nSPS) is 13.4. The molecular weight excluding hydrogens is 673 g/mol. The number of carboxylic acids is 1. The van der Waals surface area contributed by atoms with Crippen LogP contribution in [-0.2, 0) is 27.1 Å². The number of halogens is 2. The van der Waals surface area contributed by atoms with Crippen molar-refractivity contribution >= 4 is 62.6 Å². The molecule has 1 aliphatic rings. The number of anilines is 1. The Bertz CT molecular complexity index is 2340. The number of hydrogen-bond donors (Lipinski definition) is 1. The standard InChI is InChI=1S/C39H39Cl2N5O4/c1-21-15-27(16-22(2)35(21)41)50-14-7-9-29-30-17-25(40)18-32(34-23(3)42-44(6)24(34)4)36(30)46-12-8-11-45(38(47)37(29)46)26-19-31(39(48)49)28-10-13-43(5)33(28)20-26/h10,13,15-20H,7-9,11-12,14H2,1-6H3,(H,48,49). The predicted molar refractivity (Wildman–Crippen MR) is 200 cm³/mol. The number of nitrogens with zero attached hydrogens (tertiary/aromatic N) is 5. The largest absolute Gasteiger partial charge is 0.494 e. The average Bonchev–Trinajstić information content (AvgIpc) is 3.63. The maximum atomic E-state index is 15.0. The van der Waals surface area contributed by atoms with E-state index in [0.717, 1.165) is 66.4 Å². The number of aryl methyl sites for hydroxylation is 7. The van der Waals surface area contributed by atoms with Gasteiger partial charge in [-0.15, -0.1) is 0 Å². The van der Waals surface area contributed by atoms with Gasteiger partial charge in [-0.05, 0) is 106 Å². The fourth-order valence-corrected chi connectivity index (χ4v) is 7.91. The van der Waals surface area contributed by atoms with Crippen LogP contribution in [0.25, 0.3) is 32.9 Å². The van der Waals surface area contributed by atoms with Crippen LogP contribution >= 0.6 is 23.2 Å². The van der Waals surface area contributed by atoms with Gasteiger partial charge in [0.25, 0.3) is 5.91 Å². The summed E-state index contributed by atoms with van der Waals surface area (Å²) < 4.78 is 12.1. The lowest BCUT2D eigenvalue weighted by molar-refractivity contribution is 0.0698. The Morgan fingerprint density at radius 2 is 1.72 bits per heavy atom. The quantitative estimate of drug-likeness (QED) is 0.159. The summed E-state index contributed by atoms with van der Waals surface area (Å²) in [5.74, 6) is -0.455. The Labute approximate surface area is 300 Å². The lowest BCUT2D eigenvalue weighted by atomic mass is 9.98. The number of benzene rings is 3. The van der Waals surface area contributed by atoms with Gasteiger partial charge in [-0.1, -0.05) is 23.2 Å². The first-order valence-corrected chi connectivity index (χ1v) is 17.5. The summed E-state index contributed by atoms with van der Waals surface area (Å²) in [6, 6.07) is 13.1. The Kier molecular flexibility index (Phi) is 8.68. The number of hydrogen-bond acceptors (Lipinski definition) is 4. The Hall–Kier alpha value is -4.73. The molecule has 0 unspecified atom stereocenters. The van der Waals surface area contributed by atoms with Crippen LogP contribution in [0.5, 0.6) is 5.75 Å². The van der Waals surface area contributed by atoms with E-state index in [0.29, 0.717) is 60.7 Å². The molecule has 11 heteroatoms. The third kappa shape index (κ3) is 5.62. The number of aromatic nitrogens is 4. The monoisotopic (exact) mass is 711 g/mol. The molecule has 9 nitrogen and oxygen atoms in total. The highest BCUT2D eigenvalue weighted by molar-refractivity contribution is 6.32. The number of rotatable bonds is 8. The molecule has 7 rings (SSSR count). The lowest BCUT2D eigenvalue weighted by Gasteiger charge is -2.22. The topological polar surface area (TPSA) is 94.5 Å². The molecule has 1 N–H and O–H groups in total.